The van der Waals surface area contributed by atoms with Crippen molar-refractivity contribution in [3.63, 3.8) is 0 Å². The number of hydrogen-bond donors (Lipinski definition) is 1. The first kappa shape index (κ1) is 18.0. The number of carbonyl (C=O) groups excluding carboxylic acids is 1. The quantitative estimate of drug-likeness (QED) is 0.608. The third-order valence-electron chi connectivity index (χ3n) is 3.33. The number of nitrogens with zero attached hydrogens (tertiary/aromatic N) is 2. The van der Waals surface area contributed by atoms with E-state index in [4.69, 9.17) is 4.74 Å². The van der Waals surface area contributed by atoms with Gasteiger partial charge in [0.05, 0.1) is 5.71 Å². The Hall–Kier alpha value is -2.34. The smallest absolute Gasteiger partial charge is 0.277 e. The number of carbonyl (C=O) groups is 1. The van der Waals surface area contributed by atoms with Crippen LogP contribution in [0.3, 0.4) is 0 Å². The summed E-state index contributed by atoms with van der Waals surface area (Å²) in [6, 6.07) is 15.2. The number of rotatable bonds is 6. The number of hydrazone groups is 1. The molecule has 2 aromatic carbocycles. The van der Waals surface area contributed by atoms with E-state index in [0.29, 0.717) is 5.75 Å². The summed E-state index contributed by atoms with van der Waals surface area (Å²) in [7, 11) is 3.98. The average Bonchev–Trinajstić information content (AvgIpc) is 2.59. The van der Waals surface area contributed by atoms with Gasteiger partial charge >= 0.3 is 0 Å². The highest BCUT2D eigenvalue weighted by Crippen LogP contribution is 2.16. The van der Waals surface area contributed by atoms with Crippen LogP contribution in [0.5, 0.6) is 5.75 Å². The predicted molar refractivity (Wildman–Crippen MR) is 101 cm³/mol. The molecule has 0 unspecified atom stereocenters. The SMILES string of the molecule is C/C(=N/NC(=O)COc1ccc(Br)cc1)c1ccc(N(C)C)cc1. The number of nitrogens with one attached hydrogen (secondary N) is 1. The van der Waals surface area contributed by atoms with Gasteiger partial charge in [-0.25, -0.2) is 5.43 Å². The Bertz CT molecular complexity index is 710. The van der Waals surface area contributed by atoms with Crippen LogP contribution in [-0.2, 0) is 4.79 Å². The second-order valence-corrected chi connectivity index (χ2v) is 6.33. The van der Waals surface area contributed by atoms with E-state index in [1.54, 1.807) is 12.1 Å². The molecule has 0 aliphatic heterocycles. The number of amides is 1. The Kier molecular flexibility index (Phi) is 6.37. The van der Waals surface area contributed by atoms with E-state index < -0.39 is 0 Å². The Labute approximate surface area is 150 Å². The van der Waals surface area contributed by atoms with E-state index in [1.165, 1.54) is 0 Å². The van der Waals surface area contributed by atoms with Crippen LogP contribution in [0.4, 0.5) is 5.69 Å². The summed E-state index contributed by atoms with van der Waals surface area (Å²) in [4.78, 5) is 13.8. The molecule has 5 nitrogen and oxygen atoms in total. The molecule has 0 fully saturated rings. The molecule has 2 aromatic rings. The monoisotopic (exact) mass is 389 g/mol. The van der Waals surface area contributed by atoms with E-state index >= 15 is 0 Å². The van der Waals surface area contributed by atoms with Gasteiger partial charge < -0.3 is 9.64 Å². The molecule has 0 radical (unpaired) electrons. The van der Waals surface area contributed by atoms with Gasteiger partial charge in [-0.1, -0.05) is 28.1 Å². The fourth-order valence-corrected chi connectivity index (χ4v) is 2.19. The second-order valence-electron chi connectivity index (χ2n) is 5.42. The summed E-state index contributed by atoms with van der Waals surface area (Å²) in [5, 5.41) is 4.11. The first-order valence-electron chi connectivity index (χ1n) is 7.45. The summed E-state index contributed by atoms with van der Waals surface area (Å²) < 4.78 is 6.35. The minimum atomic E-state index is -0.304. The van der Waals surface area contributed by atoms with Gasteiger partial charge in [0.1, 0.15) is 5.75 Å². The van der Waals surface area contributed by atoms with E-state index in [0.717, 1.165) is 21.4 Å². The van der Waals surface area contributed by atoms with Gasteiger partial charge in [0, 0.05) is 24.3 Å². The molecule has 1 N–H and O–H groups in total. The highest BCUT2D eigenvalue weighted by molar-refractivity contribution is 9.10. The molecule has 0 saturated carbocycles. The third kappa shape index (κ3) is 5.38. The van der Waals surface area contributed by atoms with E-state index in [9.17, 15) is 4.79 Å². The summed E-state index contributed by atoms with van der Waals surface area (Å²) in [5.74, 6) is 0.329. The molecular formula is C18H20BrN3O2. The maximum atomic E-state index is 11.8. The lowest BCUT2D eigenvalue weighted by Crippen LogP contribution is -2.25. The van der Waals surface area contributed by atoms with Crippen LogP contribution in [0.2, 0.25) is 0 Å². The Morgan fingerprint density at radius 2 is 1.75 bits per heavy atom. The molecule has 0 aliphatic carbocycles. The van der Waals surface area contributed by atoms with Crippen molar-refractivity contribution in [3.05, 3.63) is 58.6 Å². The van der Waals surface area contributed by atoms with Crippen molar-refractivity contribution in [1.29, 1.82) is 0 Å². The van der Waals surface area contributed by atoms with Crippen LogP contribution < -0.4 is 15.1 Å². The zero-order chi connectivity index (χ0) is 17.5. The minimum absolute atomic E-state index is 0.0853. The Balaban J connectivity index is 1.86. The number of benzene rings is 2. The zero-order valence-corrected chi connectivity index (χ0v) is 15.5. The molecule has 1 amide bonds. The van der Waals surface area contributed by atoms with Crippen molar-refractivity contribution in [1.82, 2.24) is 5.43 Å². The molecule has 126 valence electrons. The fraction of sp³-hybridized carbons (Fsp3) is 0.222. The largest absolute Gasteiger partial charge is 0.484 e. The standard InChI is InChI=1S/C18H20BrN3O2/c1-13(14-4-8-16(9-5-14)22(2)3)20-21-18(23)12-24-17-10-6-15(19)7-11-17/h4-11H,12H2,1-3H3,(H,21,23)/b20-13-. The van der Waals surface area contributed by atoms with Crippen molar-refractivity contribution in [2.24, 2.45) is 5.10 Å². The first-order valence-corrected chi connectivity index (χ1v) is 8.24. The van der Waals surface area contributed by atoms with Crippen LogP contribution in [0.25, 0.3) is 0 Å². The highest BCUT2D eigenvalue weighted by Gasteiger charge is 2.04. The molecule has 0 aromatic heterocycles. The molecule has 0 heterocycles. The lowest BCUT2D eigenvalue weighted by molar-refractivity contribution is -0.123. The first-order chi connectivity index (χ1) is 11.5. The summed E-state index contributed by atoms with van der Waals surface area (Å²) >= 11 is 3.35. The van der Waals surface area contributed by atoms with E-state index in [2.05, 4.69) is 26.5 Å². The van der Waals surface area contributed by atoms with Gasteiger partial charge in [-0.3, -0.25) is 4.79 Å². The molecule has 2 rings (SSSR count). The van der Waals surface area contributed by atoms with Crippen LogP contribution in [-0.4, -0.2) is 32.3 Å². The van der Waals surface area contributed by atoms with Crippen molar-refractivity contribution >= 4 is 33.2 Å². The third-order valence-corrected chi connectivity index (χ3v) is 3.86. The van der Waals surface area contributed by atoms with Gasteiger partial charge in [0.25, 0.3) is 5.91 Å². The number of hydrogen-bond acceptors (Lipinski definition) is 4. The zero-order valence-electron chi connectivity index (χ0n) is 13.9. The average molecular weight is 390 g/mol. The number of ether oxygens (including phenoxy) is 1. The van der Waals surface area contributed by atoms with Gasteiger partial charge in [-0.2, -0.15) is 5.10 Å². The molecule has 24 heavy (non-hydrogen) atoms. The maximum absolute atomic E-state index is 11.8. The fourth-order valence-electron chi connectivity index (χ4n) is 1.92. The predicted octanol–water partition coefficient (Wildman–Crippen LogP) is 3.43. The molecular weight excluding hydrogens is 370 g/mol. The van der Waals surface area contributed by atoms with Crippen LogP contribution in [0.15, 0.2) is 58.1 Å². The Morgan fingerprint density at radius 3 is 2.33 bits per heavy atom. The number of halogens is 1. The normalized spacial score (nSPS) is 11.1. The maximum Gasteiger partial charge on any atom is 0.277 e. The molecule has 6 heteroatoms. The molecule has 0 bridgehead atoms. The lowest BCUT2D eigenvalue weighted by Gasteiger charge is -2.12. The van der Waals surface area contributed by atoms with Crippen molar-refractivity contribution < 1.29 is 9.53 Å². The lowest BCUT2D eigenvalue weighted by atomic mass is 10.1. The van der Waals surface area contributed by atoms with Gasteiger partial charge in [0.2, 0.25) is 0 Å². The molecule has 0 aliphatic rings. The number of anilines is 1. The van der Waals surface area contributed by atoms with Crippen LogP contribution >= 0.6 is 15.9 Å². The van der Waals surface area contributed by atoms with Gasteiger partial charge in [0.15, 0.2) is 6.61 Å². The molecule has 0 saturated heterocycles. The summed E-state index contributed by atoms with van der Waals surface area (Å²) in [6.45, 7) is 1.76. The van der Waals surface area contributed by atoms with Crippen molar-refractivity contribution in [2.75, 3.05) is 25.6 Å². The van der Waals surface area contributed by atoms with Crippen molar-refractivity contribution in [3.8, 4) is 5.75 Å². The van der Waals surface area contributed by atoms with Crippen molar-refractivity contribution in [2.45, 2.75) is 6.92 Å². The van der Waals surface area contributed by atoms with Gasteiger partial charge in [-0.15, -0.1) is 0 Å². The highest BCUT2D eigenvalue weighted by atomic mass is 79.9. The minimum Gasteiger partial charge on any atom is -0.484 e. The van der Waals surface area contributed by atoms with E-state index in [1.807, 2.05) is 62.3 Å². The van der Waals surface area contributed by atoms with E-state index in [-0.39, 0.29) is 12.5 Å². The topological polar surface area (TPSA) is 53.9 Å². The van der Waals surface area contributed by atoms with Crippen LogP contribution in [0, 0.1) is 0 Å². The molecule has 0 atom stereocenters. The summed E-state index contributed by atoms with van der Waals surface area (Å²) in [6.07, 6.45) is 0. The Morgan fingerprint density at radius 1 is 1.12 bits per heavy atom. The second kappa shape index (κ2) is 8.49. The summed E-state index contributed by atoms with van der Waals surface area (Å²) in [5.41, 5.74) is 5.30. The molecule has 0 spiro atoms. The van der Waals surface area contributed by atoms with Gasteiger partial charge in [-0.05, 0) is 48.9 Å². The van der Waals surface area contributed by atoms with Crippen LogP contribution in [0.1, 0.15) is 12.5 Å².